The van der Waals surface area contributed by atoms with E-state index in [1.54, 1.807) is 6.26 Å². The number of amides is 6. The highest BCUT2D eigenvalue weighted by Crippen LogP contribution is 2.06. The largest absolute Gasteiger partial charge is 0.480 e. The van der Waals surface area contributed by atoms with Crippen LogP contribution in [0.4, 0.5) is 0 Å². The molecular formula is C19H33N7O8S. The molecule has 0 aliphatic heterocycles. The fourth-order valence-corrected chi connectivity index (χ4v) is 3.17. The summed E-state index contributed by atoms with van der Waals surface area (Å²) in [4.78, 5) is 82.8. The predicted octanol–water partition coefficient (Wildman–Crippen LogP) is -4.12. The van der Waals surface area contributed by atoms with Crippen molar-refractivity contribution in [3.05, 3.63) is 0 Å². The molecule has 3 atom stereocenters. The van der Waals surface area contributed by atoms with Crippen LogP contribution in [0.2, 0.25) is 0 Å². The zero-order valence-corrected chi connectivity index (χ0v) is 20.2. The van der Waals surface area contributed by atoms with Crippen LogP contribution >= 0.6 is 11.8 Å². The Hall–Kier alpha value is -3.40. The molecule has 198 valence electrons. The molecule has 0 bridgehead atoms. The first kappa shape index (κ1) is 31.6. The minimum absolute atomic E-state index is 0.155. The van der Waals surface area contributed by atoms with Gasteiger partial charge in [-0.25, -0.2) is 0 Å². The van der Waals surface area contributed by atoms with E-state index in [0.717, 1.165) is 0 Å². The van der Waals surface area contributed by atoms with E-state index in [1.165, 1.54) is 11.8 Å². The minimum Gasteiger partial charge on any atom is -0.480 e. The number of carboxylic acids is 1. The van der Waals surface area contributed by atoms with Gasteiger partial charge in [-0.05, 0) is 31.3 Å². The van der Waals surface area contributed by atoms with Gasteiger partial charge < -0.3 is 43.6 Å². The molecule has 15 nitrogen and oxygen atoms in total. The van der Waals surface area contributed by atoms with E-state index in [1.807, 2.05) is 0 Å². The maximum absolute atomic E-state index is 12.9. The van der Waals surface area contributed by atoms with Gasteiger partial charge in [0.2, 0.25) is 35.4 Å². The molecule has 0 aromatic rings. The third kappa shape index (κ3) is 14.5. The Morgan fingerprint density at radius 1 is 0.771 bits per heavy atom. The van der Waals surface area contributed by atoms with Gasteiger partial charge in [-0.3, -0.25) is 33.6 Å². The Balaban J connectivity index is 5.60. The molecule has 0 fully saturated rings. The number of aliphatic carboxylic acids is 1. The van der Waals surface area contributed by atoms with Crippen molar-refractivity contribution in [2.24, 2.45) is 17.2 Å². The van der Waals surface area contributed by atoms with Crippen molar-refractivity contribution >= 4 is 53.2 Å². The molecule has 0 aliphatic carbocycles. The molecule has 35 heavy (non-hydrogen) atoms. The molecule has 0 heterocycles. The van der Waals surface area contributed by atoms with Crippen LogP contribution in [0.25, 0.3) is 0 Å². The van der Waals surface area contributed by atoms with Gasteiger partial charge in [0.25, 0.3) is 0 Å². The molecular weight excluding hydrogens is 486 g/mol. The summed E-state index contributed by atoms with van der Waals surface area (Å²) in [7, 11) is 0. The van der Waals surface area contributed by atoms with Gasteiger partial charge in [-0.1, -0.05) is 0 Å². The topological polar surface area (TPSA) is 266 Å². The van der Waals surface area contributed by atoms with Crippen LogP contribution in [0.15, 0.2) is 0 Å². The van der Waals surface area contributed by atoms with E-state index in [9.17, 15) is 33.6 Å². The van der Waals surface area contributed by atoms with Gasteiger partial charge in [0, 0.05) is 12.8 Å². The van der Waals surface area contributed by atoms with Crippen molar-refractivity contribution in [1.82, 2.24) is 21.3 Å². The normalized spacial score (nSPS) is 13.0. The maximum atomic E-state index is 12.9. The highest BCUT2D eigenvalue weighted by Gasteiger charge is 2.30. The van der Waals surface area contributed by atoms with E-state index in [2.05, 4.69) is 21.3 Å². The van der Waals surface area contributed by atoms with Gasteiger partial charge in [-0.2, -0.15) is 11.8 Å². The third-order valence-electron chi connectivity index (χ3n) is 4.49. The second kappa shape index (κ2) is 17.1. The lowest BCUT2D eigenvalue weighted by molar-refractivity contribution is -0.138. The zero-order chi connectivity index (χ0) is 27.0. The molecule has 0 aromatic heterocycles. The lowest BCUT2D eigenvalue weighted by Crippen LogP contribution is -2.57. The minimum atomic E-state index is -1.34. The molecule has 0 radical (unpaired) electrons. The standard InChI is InChI=1S/C19H33N7O8S/c1-35-7-6-12(17(32)23-9-16(30)31)26-19(34)11(3-5-14(22)28)25-18(33)10(2-4-13(21)27)24-15(29)8-20/h10-12H,2-9,20H2,1H3,(H2,21,27)(H2,22,28)(H,23,32)(H,24,29)(H,25,33)(H,26,34)(H,30,31)/t10-,11-,12-/m0/s1. The van der Waals surface area contributed by atoms with Crippen LogP contribution in [-0.2, 0) is 33.6 Å². The van der Waals surface area contributed by atoms with Crippen LogP contribution in [-0.4, -0.2) is 89.7 Å². The summed E-state index contributed by atoms with van der Waals surface area (Å²) in [5.41, 5.74) is 15.5. The first-order chi connectivity index (χ1) is 16.4. The molecule has 0 saturated carbocycles. The molecule has 0 saturated heterocycles. The molecule has 0 aromatic carbocycles. The Kier molecular flexibility index (Phi) is 15.4. The van der Waals surface area contributed by atoms with Crippen LogP contribution in [0.5, 0.6) is 0 Å². The molecule has 0 unspecified atom stereocenters. The number of carbonyl (C=O) groups excluding carboxylic acids is 6. The van der Waals surface area contributed by atoms with E-state index >= 15 is 0 Å². The van der Waals surface area contributed by atoms with Crippen molar-refractivity contribution in [2.45, 2.75) is 50.2 Å². The van der Waals surface area contributed by atoms with E-state index in [4.69, 9.17) is 22.3 Å². The first-order valence-electron chi connectivity index (χ1n) is 10.6. The summed E-state index contributed by atoms with van der Waals surface area (Å²) >= 11 is 1.38. The lowest BCUT2D eigenvalue weighted by Gasteiger charge is -2.25. The number of thioether (sulfide) groups is 1. The third-order valence-corrected chi connectivity index (χ3v) is 5.13. The number of hydrogen-bond acceptors (Lipinski definition) is 9. The lowest BCUT2D eigenvalue weighted by atomic mass is 10.1. The number of nitrogens with one attached hydrogen (secondary N) is 4. The summed E-state index contributed by atoms with van der Waals surface area (Å²) in [6, 6.07) is -3.72. The monoisotopic (exact) mass is 519 g/mol. The zero-order valence-electron chi connectivity index (χ0n) is 19.3. The second-order valence-electron chi connectivity index (χ2n) is 7.35. The Labute approximate surface area is 206 Å². The quantitative estimate of drug-likeness (QED) is 0.0866. The number of carboxylic acid groups (broad SMARTS) is 1. The maximum Gasteiger partial charge on any atom is 0.322 e. The van der Waals surface area contributed by atoms with E-state index in [-0.39, 0.29) is 32.1 Å². The number of nitrogens with two attached hydrogens (primary N) is 3. The summed E-state index contributed by atoms with van der Waals surface area (Å²) in [5, 5.41) is 18.1. The van der Waals surface area contributed by atoms with Crippen molar-refractivity contribution in [2.75, 3.05) is 25.1 Å². The first-order valence-corrected chi connectivity index (χ1v) is 12.0. The predicted molar refractivity (Wildman–Crippen MR) is 125 cm³/mol. The van der Waals surface area contributed by atoms with E-state index in [0.29, 0.717) is 5.75 Å². The van der Waals surface area contributed by atoms with Crippen molar-refractivity contribution in [3.63, 3.8) is 0 Å². The van der Waals surface area contributed by atoms with Crippen molar-refractivity contribution < 1.29 is 38.7 Å². The number of carbonyl (C=O) groups is 7. The smallest absolute Gasteiger partial charge is 0.322 e. The van der Waals surface area contributed by atoms with Crippen LogP contribution < -0.4 is 38.5 Å². The van der Waals surface area contributed by atoms with Crippen LogP contribution in [0, 0.1) is 0 Å². The Morgan fingerprint density at radius 2 is 1.23 bits per heavy atom. The van der Waals surface area contributed by atoms with Gasteiger partial charge in [0.1, 0.15) is 24.7 Å². The molecule has 16 heteroatoms. The summed E-state index contributed by atoms with van der Waals surface area (Å²) in [6.07, 6.45) is 0.980. The number of primary amides is 2. The summed E-state index contributed by atoms with van der Waals surface area (Å²) in [5.74, 6) is -5.44. The average molecular weight is 520 g/mol. The number of rotatable bonds is 18. The molecule has 0 spiro atoms. The molecule has 6 amide bonds. The highest BCUT2D eigenvalue weighted by molar-refractivity contribution is 7.98. The second-order valence-corrected chi connectivity index (χ2v) is 8.34. The van der Waals surface area contributed by atoms with E-state index < -0.39 is 72.6 Å². The van der Waals surface area contributed by atoms with Gasteiger partial charge in [-0.15, -0.1) is 0 Å². The van der Waals surface area contributed by atoms with Crippen LogP contribution in [0.3, 0.4) is 0 Å². The highest BCUT2D eigenvalue weighted by atomic mass is 32.2. The fraction of sp³-hybridized carbons (Fsp3) is 0.632. The Bertz CT molecular complexity index is 795. The Morgan fingerprint density at radius 3 is 1.63 bits per heavy atom. The fourth-order valence-electron chi connectivity index (χ4n) is 2.70. The van der Waals surface area contributed by atoms with Gasteiger partial charge in [0.05, 0.1) is 6.54 Å². The SMILES string of the molecule is CSCC[C@H](NC(=O)[C@H](CCC(N)=O)NC(=O)[C@H](CCC(N)=O)NC(=O)CN)C(=O)NCC(=O)O. The average Bonchev–Trinajstić information content (AvgIpc) is 2.79. The molecule has 11 N–H and O–H groups in total. The number of hydrogen-bond donors (Lipinski definition) is 8. The van der Waals surface area contributed by atoms with Crippen LogP contribution in [0.1, 0.15) is 32.1 Å². The van der Waals surface area contributed by atoms with Crippen molar-refractivity contribution in [1.29, 1.82) is 0 Å². The van der Waals surface area contributed by atoms with Gasteiger partial charge in [0.15, 0.2) is 0 Å². The van der Waals surface area contributed by atoms with Crippen molar-refractivity contribution in [3.8, 4) is 0 Å². The summed E-state index contributed by atoms with van der Waals surface area (Å²) < 4.78 is 0. The summed E-state index contributed by atoms with van der Waals surface area (Å²) in [6.45, 7) is -1.09. The van der Waals surface area contributed by atoms with Gasteiger partial charge >= 0.3 is 5.97 Å². The molecule has 0 rings (SSSR count). The molecule has 0 aliphatic rings.